The largest absolute Gasteiger partial charge is 0.302 e. The second kappa shape index (κ2) is 7.28. The fraction of sp³-hybridized carbons (Fsp3) is 0.524. The summed E-state index contributed by atoms with van der Waals surface area (Å²) in [5, 5.41) is 3.77. The summed E-state index contributed by atoms with van der Waals surface area (Å²) in [6.07, 6.45) is 4.59. The number of fused-ring (bicyclic) bond motifs is 1. The van der Waals surface area contributed by atoms with Crippen molar-refractivity contribution in [1.82, 2.24) is 4.98 Å². The quantitative estimate of drug-likeness (QED) is 0.821. The lowest BCUT2D eigenvalue weighted by Gasteiger charge is -2.33. The van der Waals surface area contributed by atoms with E-state index in [0.717, 1.165) is 24.4 Å². The molecule has 1 aromatic carbocycles. The summed E-state index contributed by atoms with van der Waals surface area (Å²) in [4.78, 5) is 18.3. The van der Waals surface area contributed by atoms with Crippen molar-refractivity contribution in [1.29, 1.82) is 0 Å². The van der Waals surface area contributed by atoms with E-state index in [1.807, 2.05) is 0 Å². The number of amides is 1. The minimum atomic E-state index is 0.0547. The van der Waals surface area contributed by atoms with Crippen LogP contribution in [0.1, 0.15) is 55.3 Å². The van der Waals surface area contributed by atoms with Gasteiger partial charge < -0.3 is 5.32 Å². The standard InChI is InChI=1S/C21H28N2OS/c1-14-5-7-15(8-6-14)9-12-19(24)23-20-22-17-11-10-16(21(2,3)4)13-18(17)25-20/h5-8,16H,9-13H2,1-4H3,(H,22,23,24). The highest BCUT2D eigenvalue weighted by Crippen LogP contribution is 2.40. The van der Waals surface area contributed by atoms with Gasteiger partial charge in [0.25, 0.3) is 0 Å². The zero-order chi connectivity index (χ0) is 18.0. The van der Waals surface area contributed by atoms with Crippen molar-refractivity contribution in [3.63, 3.8) is 0 Å². The van der Waals surface area contributed by atoms with Crippen molar-refractivity contribution in [2.24, 2.45) is 11.3 Å². The SMILES string of the molecule is Cc1ccc(CCC(=O)Nc2nc3c(s2)CC(C(C)(C)C)CC3)cc1. The van der Waals surface area contributed by atoms with Crippen molar-refractivity contribution in [2.45, 2.75) is 59.8 Å². The predicted molar refractivity (Wildman–Crippen MR) is 105 cm³/mol. The molecule has 0 fully saturated rings. The zero-order valence-corrected chi connectivity index (χ0v) is 16.5. The van der Waals surface area contributed by atoms with E-state index in [9.17, 15) is 4.79 Å². The lowest BCUT2D eigenvalue weighted by molar-refractivity contribution is -0.116. The average Bonchev–Trinajstić information content (AvgIpc) is 2.94. The maximum absolute atomic E-state index is 12.2. The van der Waals surface area contributed by atoms with Crippen molar-refractivity contribution in [2.75, 3.05) is 5.32 Å². The summed E-state index contributed by atoms with van der Waals surface area (Å²) in [5.41, 5.74) is 3.97. The molecular formula is C21H28N2OS. The molecule has 4 heteroatoms. The molecule has 1 atom stereocenters. The first-order valence-electron chi connectivity index (χ1n) is 9.15. The third kappa shape index (κ3) is 4.69. The third-order valence-electron chi connectivity index (χ3n) is 5.17. The number of hydrogen-bond acceptors (Lipinski definition) is 3. The summed E-state index contributed by atoms with van der Waals surface area (Å²) in [5.74, 6) is 0.754. The van der Waals surface area contributed by atoms with E-state index < -0.39 is 0 Å². The Hall–Kier alpha value is -1.68. The number of nitrogens with one attached hydrogen (secondary N) is 1. The monoisotopic (exact) mass is 356 g/mol. The van der Waals surface area contributed by atoms with Gasteiger partial charge in [0.15, 0.2) is 5.13 Å². The highest BCUT2D eigenvalue weighted by atomic mass is 32.1. The van der Waals surface area contributed by atoms with Crippen molar-refractivity contribution >= 4 is 22.4 Å². The maximum atomic E-state index is 12.2. The average molecular weight is 357 g/mol. The molecule has 1 aliphatic carbocycles. The molecule has 134 valence electrons. The number of aromatic nitrogens is 1. The van der Waals surface area contributed by atoms with Crippen LogP contribution in [0.4, 0.5) is 5.13 Å². The van der Waals surface area contributed by atoms with Crippen LogP contribution in [0.2, 0.25) is 0 Å². The molecule has 0 bridgehead atoms. The predicted octanol–water partition coefficient (Wildman–Crippen LogP) is 5.17. The third-order valence-corrected chi connectivity index (χ3v) is 6.21. The fourth-order valence-corrected chi connectivity index (χ4v) is 4.47. The molecular weight excluding hydrogens is 328 g/mol. The van der Waals surface area contributed by atoms with Gasteiger partial charge in [-0.3, -0.25) is 4.79 Å². The first-order valence-corrected chi connectivity index (χ1v) is 9.97. The van der Waals surface area contributed by atoms with Gasteiger partial charge in [-0.05, 0) is 49.5 Å². The first kappa shape index (κ1) is 18.1. The van der Waals surface area contributed by atoms with Crippen LogP contribution in [0.15, 0.2) is 24.3 Å². The Morgan fingerprint density at radius 1 is 1.28 bits per heavy atom. The highest BCUT2D eigenvalue weighted by molar-refractivity contribution is 7.15. The molecule has 3 rings (SSSR count). The molecule has 2 aromatic rings. The molecule has 0 spiro atoms. The molecule has 3 nitrogen and oxygen atoms in total. The number of carbonyl (C=O) groups excluding carboxylic acids is 1. The minimum Gasteiger partial charge on any atom is -0.302 e. The lowest BCUT2D eigenvalue weighted by atomic mass is 9.73. The van der Waals surface area contributed by atoms with Gasteiger partial charge in [0.2, 0.25) is 5.91 Å². The molecule has 0 aliphatic heterocycles. The van der Waals surface area contributed by atoms with Gasteiger partial charge in [0.1, 0.15) is 0 Å². The summed E-state index contributed by atoms with van der Waals surface area (Å²) in [6, 6.07) is 8.37. The van der Waals surface area contributed by atoms with Gasteiger partial charge in [-0.2, -0.15) is 0 Å². The lowest BCUT2D eigenvalue weighted by Crippen LogP contribution is -2.26. The van der Waals surface area contributed by atoms with Crippen LogP contribution >= 0.6 is 11.3 Å². The number of anilines is 1. The van der Waals surface area contributed by atoms with Crippen LogP contribution in [0.5, 0.6) is 0 Å². The maximum Gasteiger partial charge on any atom is 0.226 e. The van der Waals surface area contributed by atoms with Crippen LogP contribution in [-0.4, -0.2) is 10.9 Å². The number of aryl methyl sites for hydroxylation is 3. The van der Waals surface area contributed by atoms with Crippen LogP contribution in [-0.2, 0) is 24.1 Å². The van der Waals surface area contributed by atoms with Gasteiger partial charge >= 0.3 is 0 Å². The van der Waals surface area contributed by atoms with E-state index in [0.29, 0.717) is 17.8 Å². The van der Waals surface area contributed by atoms with E-state index >= 15 is 0 Å². The Labute approximate surface area is 154 Å². The number of carbonyl (C=O) groups is 1. The number of thiazole rings is 1. The normalized spacial score (nSPS) is 17.2. The summed E-state index contributed by atoms with van der Waals surface area (Å²) in [6.45, 7) is 9.03. The molecule has 1 N–H and O–H groups in total. The van der Waals surface area contributed by atoms with E-state index in [2.05, 4.69) is 62.3 Å². The smallest absolute Gasteiger partial charge is 0.226 e. The molecule has 25 heavy (non-hydrogen) atoms. The molecule has 1 unspecified atom stereocenters. The Balaban J connectivity index is 1.56. The van der Waals surface area contributed by atoms with E-state index in [4.69, 9.17) is 0 Å². The van der Waals surface area contributed by atoms with Crippen molar-refractivity contribution in [3.05, 3.63) is 46.0 Å². The fourth-order valence-electron chi connectivity index (χ4n) is 3.36. The molecule has 1 aliphatic rings. The molecule has 0 radical (unpaired) electrons. The highest BCUT2D eigenvalue weighted by Gasteiger charge is 2.30. The Bertz CT molecular complexity index is 740. The molecule has 0 saturated heterocycles. The second-order valence-electron chi connectivity index (χ2n) is 8.23. The molecule has 1 heterocycles. The summed E-state index contributed by atoms with van der Waals surface area (Å²) in [7, 11) is 0. The van der Waals surface area contributed by atoms with E-state index in [1.165, 1.54) is 28.1 Å². The Morgan fingerprint density at radius 3 is 2.68 bits per heavy atom. The van der Waals surface area contributed by atoms with Gasteiger partial charge in [0, 0.05) is 11.3 Å². The van der Waals surface area contributed by atoms with E-state index in [1.54, 1.807) is 11.3 Å². The number of rotatable bonds is 4. The number of nitrogens with zero attached hydrogens (tertiary/aromatic N) is 1. The number of benzene rings is 1. The number of hydrogen-bond donors (Lipinski definition) is 1. The van der Waals surface area contributed by atoms with Crippen LogP contribution in [0, 0.1) is 18.3 Å². The zero-order valence-electron chi connectivity index (χ0n) is 15.7. The van der Waals surface area contributed by atoms with Gasteiger partial charge in [-0.15, -0.1) is 11.3 Å². The van der Waals surface area contributed by atoms with Crippen LogP contribution < -0.4 is 5.32 Å². The van der Waals surface area contributed by atoms with Crippen LogP contribution in [0.3, 0.4) is 0 Å². The minimum absolute atomic E-state index is 0.0547. The molecule has 1 amide bonds. The van der Waals surface area contributed by atoms with Gasteiger partial charge in [-0.25, -0.2) is 4.98 Å². The first-order chi connectivity index (χ1) is 11.8. The Morgan fingerprint density at radius 2 is 2.00 bits per heavy atom. The topological polar surface area (TPSA) is 42.0 Å². The van der Waals surface area contributed by atoms with Crippen molar-refractivity contribution < 1.29 is 4.79 Å². The van der Waals surface area contributed by atoms with Gasteiger partial charge in [-0.1, -0.05) is 50.6 Å². The van der Waals surface area contributed by atoms with Crippen molar-refractivity contribution in [3.8, 4) is 0 Å². The second-order valence-corrected chi connectivity index (χ2v) is 9.31. The van der Waals surface area contributed by atoms with Gasteiger partial charge in [0.05, 0.1) is 5.69 Å². The molecule has 1 aromatic heterocycles. The molecule has 0 saturated carbocycles. The summed E-state index contributed by atoms with van der Waals surface area (Å²) >= 11 is 1.66. The van der Waals surface area contributed by atoms with Crippen LogP contribution in [0.25, 0.3) is 0 Å². The summed E-state index contributed by atoms with van der Waals surface area (Å²) < 4.78 is 0. The Kier molecular flexibility index (Phi) is 5.28. The van der Waals surface area contributed by atoms with E-state index in [-0.39, 0.29) is 5.91 Å².